The normalized spacial score (nSPS) is 15.4. The van der Waals surface area contributed by atoms with Gasteiger partial charge in [-0.15, -0.1) is 0 Å². The number of carbonyl (C=O) groups is 1. The lowest BCUT2D eigenvalue weighted by Crippen LogP contribution is -2.47. The summed E-state index contributed by atoms with van der Waals surface area (Å²) >= 11 is 0. The van der Waals surface area contributed by atoms with Crippen LogP contribution in [-0.4, -0.2) is 33.1 Å². The number of carbonyl (C=O) groups excluding carboxylic acids is 1. The van der Waals surface area contributed by atoms with E-state index >= 15 is 0 Å². The highest BCUT2D eigenvalue weighted by molar-refractivity contribution is 5.78. The molecule has 4 rings (SSSR count). The third-order valence-corrected chi connectivity index (χ3v) is 6.79. The van der Waals surface area contributed by atoms with Gasteiger partial charge < -0.3 is 10.2 Å². The summed E-state index contributed by atoms with van der Waals surface area (Å²) in [6.45, 7) is 6.54. The fourth-order valence-electron chi connectivity index (χ4n) is 4.93. The van der Waals surface area contributed by atoms with E-state index in [0.29, 0.717) is 23.3 Å². The Morgan fingerprint density at radius 2 is 1.79 bits per heavy atom. The van der Waals surface area contributed by atoms with E-state index in [-0.39, 0.29) is 23.7 Å². The fraction of sp³-hybridized carbons (Fsp3) is 0.444. The second-order valence-corrected chi connectivity index (χ2v) is 8.86. The largest absolute Gasteiger partial charge is 0.335 e. The molecule has 1 aliphatic rings. The number of urea groups is 1. The number of amides is 2. The molecular formula is C27H34N4O2. The zero-order valence-corrected chi connectivity index (χ0v) is 19.9. The van der Waals surface area contributed by atoms with Gasteiger partial charge in [0.1, 0.15) is 5.82 Å². The summed E-state index contributed by atoms with van der Waals surface area (Å²) in [7, 11) is 0. The number of hydrogen-bond donors (Lipinski definition) is 1. The molecule has 1 fully saturated rings. The Morgan fingerprint density at radius 3 is 2.52 bits per heavy atom. The van der Waals surface area contributed by atoms with E-state index in [1.165, 1.54) is 6.42 Å². The maximum Gasteiger partial charge on any atom is 0.318 e. The van der Waals surface area contributed by atoms with Crippen molar-refractivity contribution in [2.45, 2.75) is 71.4 Å². The summed E-state index contributed by atoms with van der Waals surface area (Å²) in [5.41, 5.74) is 2.44. The summed E-state index contributed by atoms with van der Waals surface area (Å²) in [6, 6.07) is 15.1. The molecule has 1 unspecified atom stereocenters. The van der Waals surface area contributed by atoms with Crippen molar-refractivity contribution in [3.63, 3.8) is 0 Å². The van der Waals surface area contributed by atoms with E-state index in [1.54, 1.807) is 9.47 Å². The smallest absolute Gasteiger partial charge is 0.318 e. The van der Waals surface area contributed by atoms with Gasteiger partial charge in [-0.05, 0) is 56.9 Å². The van der Waals surface area contributed by atoms with Gasteiger partial charge in [-0.3, -0.25) is 9.36 Å². The monoisotopic (exact) mass is 446 g/mol. The summed E-state index contributed by atoms with van der Waals surface area (Å²) < 4.78 is 1.71. The molecular weight excluding hydrogens is 412 g/mol. The van der Waals surface area contributed by atoms with Crippen molar-refractivity contribution in [3.05, 3.63) is 70.3 Å². The van der Waals surface area contributed by atoms with Crippen LogP contribution in [0.15, 0.2) is 53.3 Å². The fourth-order valence-corrected chi connectivity index (χ4v) is 4.93. The third-order valence-electron chi connectivity index (χ3n) is 6.79. The van der Waals surface area contributed by atoms with Crippen LogP contribution in [0.1, 0.15) is 70.3 Å². The molecule has 1 aromatic heterocycles. The third kappa shape index (κ3) is 4.65. The second kappa shape index (κ2) is 10.2. The second-order valence-electron chi connectivity index (χ2n) is 8.86. The highest BCUT2D eigenvalue weighted by atomic mass is 16.2. The number of benzene rings is 2. The van der Waals surface area contributed by atoms with E-state index < -0.39 is 0 Å². The van der Waals surface area contributed by atoms with Gasteiger partial charge in [-0.25, -0.2) is 9.78 Å². The molecule has 33 heavy (non-hydrogen) atoms. The maximum atomic E-state index is 13.7. The minimum Gasteiger partial charge on any atom is -0.335 e. The minimum atomic E-state index is -0.374. The zero-order valence-electron chi connectivity index (χ0n) is 19.9. The number of aromatic nitrogens is 2. The lowest BCUT2D eigenvalue weighted by molar-refractivity contribution is 0.172. The molecule has 0 saturated heterocycles. The first-order valence-electron chi connectivity index (χ1n) is 12.2. The van der Waals surface area contributed by atoms with E-state index in [2.05, 4.69) is 12.2 Å². The molecule has 1 heterocycles. The van der Waals surface area contributed by atoms with Crippen molar-refractivity contribution in [2.75, 3.05) is 6.54 Å². The quantitative estimate of drug-likeness (QED) is 0.553. The van der Waals surface area contributed by atoms with Crippen LogP contribution in [0.2, 0.25) is 0 Å². The molecule has 6 heteroatoms. The summed E-state index contributed by atoms with van der Waals surface area (Å²) in [5, 5.41) is 3.80. The highest BCUT2D eigenvalue weighted by Gasteiger charge is 2.28. The van der Waals surface area contributed by atoms with Crippen LogP contribution in [0.3, 0.4) is 0 Å². The van der Waals surface area contributed by atoms with Gasteiger partial charge in [-0.1, -0.05) is 56.5 Å². The lowest BCUT2D eigenvalue weighted by atomic mass is 9.96. The molecule has 3 aromatic rings. The van der Waals surface area contributed by atoms with Crippen molar-refractivity contribution in [1.29, 1.82) is 0 Å². The van der Waals surface area contributed by atoms with Crippen LogP contribution in [0.5, 0.6) is 0 Å². The molecule has 0 radical (unpaired) electrons. The Morgan fingerprint density at radius 1 is 1.09 bits per heavy atom. The first kappa shape index (κ1) is 23.0. The van der Waals surface area contributed by atoms with Crippen LogP contribution >= 0.6 is 0 Å². The van der Waals surface area contributed by atoms with Crippen molar-refractivity contribution >= 4 is 16.9 Å². The predicted octanol–water partition coefficient (Wildman–Crippen LogP) is 5.37. The number of rotatable bonds is 6. The summed E-state index contributed by atoms with van der Waals surface area (Å²) in [4.78, 5) is 33.7. The van der Waals surface area contributed by atoms with Gasteiger partial charge in [0.2, 0.25) is 0 Å². The molecule has 0 bridgehead atoms. The van der Waals surface area contributed by atoms with E-state index in [1.807, 2.05) is 62.4 Å². The molecule has 2 amide bonds. The van der Waals surface area contributed by atoms with Crippen LogP contribution in [0.4, 0.5) is 4.79 Å². The molecule has 1 atom stereocenters. The zero-order chi connectivity index (χ0) is 23.4. The Balaban J connectivity index is 1.81. The summed E-state index contributed by atoms with van der Waals surface area (Å²) in [6.07, 6.45) is 6.41. The molecule has 1 saturated carbocycles. The standard InChI is InChI=1S/C27H34N4O2/c1-4-20-13-9-12-18-24(20)31-25(29-23-17-11-10-16-22(23)26(31)32)19(3)30(5-2)27(33)28-21-14-7-6-8-15-21/h9-13,16-19,21H,4-8,14-15H2,1-3H3,(H,28,33). The van der Waals surface area contributed by atoms with Gasteiger partial charge in [0, 0.05) is 12.6 Å². The van der Waals surface area contributed by atoms with Crippen LogP contribution in [0, 0.1) is 0 Å². The minimum absolute atomic E-state index is 0.0883. The lowest BCUT2D eigenvalue weighted by Gasteiger charge is -2.32. The molecule has 174 valence electrons. The molecule has 1 N–H and O–H groups in total. The van der Waals surface area contributed by atoms with Crippen molar-refractivity contribution in [2.24, 2.45) is 0 Å². The van der Waals surface area contributed by atoms with E-state index in [9.17, 15) is 9.59 Å². The SMILES string of the molecule is CCc1ccccc1-n1c(C(C)N(CC)C(=O)NC2CCCCC2)nc2ccccc2c1=O. The highest BCUT2D eigenvalue weighted by Crippen LogP contribution is 2.25. The van der Waals surface area contributed by atoms with Gasteiger partial charge in [0.15, 0.2) is 0 Å². The predicted molar refractivity (Wildman–Crippen MR) is 133 cm³/mol. The molecule has 0 spiro atoms. The average molecular weight is 447 g/mol. The number of nitrogens with one attached hydrogen (secondary N) is 1. The van der Waals surface area contributed by atoms with Crippen LogP contribution in [-0.2, 0) is 6.42 Å². The Kier molecular flexibility index (Phi) is 7.11. The molecule has 2 aromatic carbocycles. The van der Waals surface area contributed by atoms with Gasteiger partial charge in [0.25, 0.3) is 5.56 Å². The van der Waals surface area contributed by atoms with E-state index in [4.69, 9.17) is 4.98 Å². The number of hydrogen-bond acceptors (Lipinski definition) is 3. The Hall–Kier alpha value is -3.15. The first-order valence-corrected chi connectivity index (χ1v) is 12.2. The summed E-state index contributed by atoms with van der Waals surface area (Å²) in [5.74, 6) is 0.584. The van der Waals surface area contributed by atoms with Crippen LogP contribution < -0.4 is 10.9 Å². The maximum absolute atomic E-state index is 13.7. The van der Waals surface area contributed by atoms with Crippen molar-refractivity contribution < 1.29 is 4.79 Å². The number of para-hydroxylation sites is 2. The topological polar surface area (TPSA) is 67.2 Å². The van der Waals surface area contributed by atoms with Gasteiger partial charge >= 0.3 is 6.03 Å². The molecule has 1 aliphatic carbocycles. The average Bonchev–Trinajstić information content (AvgIpc) is 2.85. The number of fused-ring (bicyclic) bond motifs is 1. The van der Waals surface area contributed by atoms with E-state index in [0.717, 1.165) is 43.4 Å². The van der Waals surface area contributed by atoms with Gasteiger partial charge in [0.05, 0.1) is 22.6 Å². The Labute approximate surface area is 195 Å². The molecule has 6 nitrogen and oxygen atoms in total. The van der Waals surface area contributed by atoms with Crippen LogP contribution in [0.25, 0.3) is 16.6 Å². The number of aryl methyl sites for hydroxylation is 1. The molecule has 0 aliphatic heterocycles. The first-order chi connectivity index (χ1) is 16.0. The number of nitrogens with zero attached hydrogens (tertiary/aromatic N) is 3. The van der Waals surface area contributed by atoms with Crippen molar-refractivity contribution in [1.82, 2.24) is 19.8 Å². The van der Waals surface area contributed by atoms with Gasteiger partial charge in [-0.2, -0.15) is 0 Å². The van der Waals surface area contributed by atoms with Crippen molar-refractivity contribution in [3.8, 4) is 5.69 Å². The Bertz CT molecular complexity index is 1180.